The molecule has 0 amide bonds. The zero-order valence-electron chi connectivity index (χ0n) is 13.8. The first-order valence-corrected chi connectivity index (χ1v) is 10.2. The third kappa shape index (κ3) is 4.02. The van der Waals surface area contributed by atoms with E-state index in [1.165, 1.54) is 0 Å². The highest BCUT2D eigenvalue weighted by molar-refractivity contribution is 7.81. The number of benzene rings is 2. The number of carbonyl (C=O) groups is 1. The molecule has 5 nitrogen and oxygen atoms in total. The third-order valence-electron chi connectivity index (χ3n) is 3.82. The van der Waals surface area contributed by atoms with Gasteiger partial charge in [-0.1, -0.05) is 47.5 Å². The van der Waals surface area contributed by atoms with Crippen LogP contribution in [0.25, 0.3) is 10.4 Å². The zero-order valence-corrected chi connectivity index (χ0v) is 17.0. The van der Waals surface area contributed by atoms with Crippen LogP contribution in [0.15, 0.2) is 48.5 Å². The molecule has 3 aromatic rings. The molecule has 0 saturated heterocycles. The molecule has 0 radical (unpaired) electrons. The number of nitrogens with zero attached hydrogens (tertiary/aromatic N) is 1. The Labute approximate surface area is 172 Å². The molecule has 3 rings (SSSR count). The first-order valence-electron chi connectivity index (χ1n) is 7.59. The van der Waals surface area contributed by atoms with Crippen LogP contribution in [-0.2, 0) is 11.3 Å². The van der Waals surface area contributed by atoms with Gasteiger partial charge in [0.2, 0.25) is 0 Å². The van der Waals surface area contributed by atoms with E-state index in [0.29, 0.717) is 26.2 Å². The van der Waals surface area contributed by atoms with Gasteiger partial charge in [-0.3, -0.25) is 4.55 Å². The summed E-state index contributed by atoms with van der Waals surface area (Å²) in [6, 6.07) is 13.5. The minimum absolute atomic E-state index is 0.0540. The first-order chi connectivity index (χ1) is 12.8. The van der Waals surface area contributed by atoms with Crippen LogP contribution in [0, 0.1) is 6.92 Å². The Kier molecular flexibility index (Phi) is 5.88. The minimum Gasteiger partial charge on any atom is -0.477 e. The second-order valence-electron chi connectivity index (χ2n) is 5.57. The highest BCUT2D eigenvalue weighted by atomic mass is 35.5. The van der Waals surface area contributed by atoms with Crippen LogP contribution >= 0.6 is 34.5 Å². The molecule has 1 aromatic heterocycles. The first kappa shape index (κ1) is 19.9. The van der Waals surface area contributed by atoms with Crippen LogP contribution in [-0.4, -0.2) is 19.8 Å². The van der Waals surface area contributed by atoms with E-state index in [9.17, 15) is 18.7 Å². The van der Waals surface area contributed by atoms with Crippen molar-refractivity contribution in [1.29, 1.82) is 0 Å². The number of carboxylic acids is 1. The van der Waals surface area contributed by atoms with Crippen molar-refractivity contribution >= 4 is 63.1 Å². The van der Waals surface area contributed by atoms with E-state index in [1.807, 2.05) is 0 Å². The van der Waals surface area contributed by atoms with Crippen LogP contribution < -0.4 is 4.31 Å². The average Bonchev–Trinajstić information content (AvgIpc) is 3.04. The van der Waals surface area contributed by atoms with Gasteiger partial charge in [0.1, 0.15) is 4.88 Å². The molecule has 0 fully saturated rings. The van der Waals surface area contributed by atoms with E-state index in [4.69, 9.17) is 23.2 Å². The molecule has 0 saturated carbocycles. The predicted molar refractivity (Wildman–Crippen MR) is 111 cm³/mol. The molecule has 0 bridgehead atoms. The quantitative estimate of drug-likeness (QED) is 0.475. The molecule has 0 aliphatic heterocycles. The number of rotatable bonds is 5. The second-order valence-corrected chi connectivity index (χ2v) is 8.26. The van der Waals surface area contributed by atoms with Crippen molar-refractivity contribution in [2.24, 2.45) is 0 Å². The van der Waals surface area contributed by atoms with E-state index in [2.05, 4.69) is 0 Å². The molecule has 0 aliphatic rings. The maximum atomic E-state index is 12.1. The Morgan fingerprint density at radius 2 is 1.78 bits per heavy atom. The van der Waals surface area contributed by atoms with Gasteiger partial charge in [-0.05, 0) is 42.3 Å². The van der Waals surface area contributed by atoms with Crippen molar-refractivity contribution in [1.82, 2.24) is 0 Å². The molecule has 0 spiro atoms. The summed E-state index contributed by atoms with van der Waals surface area (Å²) in [7, 11) is 0. The Morgan fingerprint density at radius 3 is 2.37 bits per heavy atom. The van der Waals surface area contributed by atoms with E-state index in [-0.39, 0.29) is 10.6 Å². The SMILES string of the molecule is Cc1ccccc1N(c1cc(-c2ccc(Cl)c(Cl)c2)sc1C(=O)O)S(=O)O. The van der Waals surface area contributed by atoms with Gasteiger partial charge in [-0.25, -0.2) is 13.3 Å². The number of carboxylic acid groups (broad SMARTS) is 1. The van der Waals surface area contributed by atoms with Gasteiger partial charge < -0.3 is 5.11 Å². The number of hydrogen-bond acceptors (Lipinski definition) is 3. The van der Waals surface area contributed by atoms with Crippen LogP contribution in [0.4, 0.5) is 11.4 Å². The lowest BCUT2D eigenvalue weighted by Gasteiger charge is -2.21. The van der Waals surface area contributed by atoms with Gasteiger partial charge in [0, 0.05) is 4.88 Å². The van der Waals surface area contributed by atoms with Gasteiger partial charge in [0.05, 0.1) is 21.4 Å². The number of para-hydroxylation sites is 1. The monoisotopic (exact) mass is 441 g/mol. The highest BCUT2D eigenvalue weighted by Crippen LogP contribution is 2.42. The molecule has 2 N–H and O–H groups in total. The van der Waals surface area contributed by atoms with Gasteiger partial charge in [-0.2, -0.15) is 0 Å². The fourth-order valence-electron chi connectivity index (χ4n) is 2.57. The van der Waals surface area contributed by atoms with Crippen molar-refractivity contribution in [2.75, 3.05) is 4.31 Å². The van der Waals surface area contributed by atoms with E-state index in [1.54, 1.807) is 55.5 Å². The largest absolute Gasteiger partial charge is 0.477 e. The Balaban J connectivity index is 2.20. The maximum Gasteiger partial charge on any atom is 0.348 e. The average molecular weight is 442 g/mol. The Hall–Kier alpha value is -1.90. The van der Waals surface area contributed by atoms with Gasteiger partial charge in [0.15, 0.2) is 0 Å². The van der Waals surface area contributed by atoms with Crippen molar-refractivity contribution in [3.05, 3.63) is 69.0 Å². The molecule has 1 unspecified atom stereocenters. The van der Waals surface area contributed by atoms with E-state index >= 15 is 0 Å². The number of thiophene rings is 1. The van der Waals surface area contributed by atoms with E-state index < -0.39 is 17.2 Å². The molecular weight excluding hydrogens is 429 g/mol. The lowest BCUT2D eigenvalue weighted by molar-refractivity contribution is 0.0703. The predicted octanol–water partition coefficient (Wildman–Crippen LogP) is 6.00. The fraction of sp³-hybridized carbons (Fsp3) is 0.0556. The van der Waals surface area contributed by atoms with Crippen LogP contribution in [0.5, 0.6) is 0 Å². The summed E-state index contributed by atoms with van der Waals surface area (Å²) in [4.78, 5) is 12.3. The minimum atomic E-state index is -2.46. The smallest absolute Gasteiger partial charge is 0.348 e. The molecule has 140 valence electrons. The molecule has 1 atom stereocenters. The number of aryl methyl sites for hydroxylation is 1. The zero-order chi connectivity index (χ0) is 19.7. The Morgan fingerprint density at radius 1 is 1.07 bits per heavy atom. The summed E-state index contributed by atoms with van der Waals surface area (Å²) in [6.45, 7) is 1.78. The third-order valence-corrected chi connectivity index (χ3v) is 6.43. The summed E-state index contributed by atoms with van der Waals surface area (Å²) in [5, 5.41) is 10.3. The number of aromatic carboxylic acids is 1. The maximum absolute atomic E-state index is 12.1. The molecule has 27 heavy (non-hydrogen) atoms. The number of halogens is 2. The normalized spacial score (nSPS) is 12.0. The van der Waals surface area contributed by atoms with Crippen LogP contribution in [0.1, 0.15) is 15.2 Å². The highest BCUT2D eigenvalue weighted by Gasteiger charge is 2.26. The van der Waals surface area contributed by atoms with E-state index in [0.717, 1.165) is 21.2 Å². The second kappa shape index (κ2) is 8.00. The number of hydrogen-bond donors (Lipinski definition) is 2. The molecule has 2 aromatic carbocycles. The van der Waals surface area contributed by atoms with Crippen molar-refractivity contribution in [2.45, 2.75) is 6.92 Å². The summed E-state index contributed by atoms with van der Waals surface area (Å²) in [5.74, 6) is -1.19. The van der Waals surface area contributed by atoms with Crippen molar-refractivity contribution < 1.29 is 18.7 Å². The summed E-state index contributed by atoms with van der Waals surface area (Å²) in [5.41, 5.74) is 1.97. The molecule has 9 heteroatoms. The summed E-state index contributed by atoms with van der Waals surface area (Å²) in [6.07, 6.45) is 0. The standard InChI is InChI=1S/C18H13Cl2NO4S2/c1-10-4-2-3-5-14(10)21(27(24)25)15-9-16(26-17(15)18(22)23)11-6-7-12(19)13(20)8-11/h2-9H,1H3,(H,22,23)(H,24,25). The molecular formula is C18H13Cl2NO4S2. The fourth-order valence-corrected chi connectivity index (χ4v) is 4.59. The lowest BCUT2D eigenvalue weighted by atomic mass is 10.1. The van der Waals surface area contributed by atoms with Crippen LogP contribution in [0.3, 0.4) is 0 Å². The number of anilines is 2. The summed E-state index contributed by atoms with van der Waals surface area (Å²) < 4.78 is 23.1. The van der Waals surface area contributed by atoms with Crippen molar-refractivity contribution in [3.63, 3.8) is 0 Å². The van der Waals surface area contributed by atoms with Gasteiger partial charge in [-0.15, -0.1) is 11.3 Å². The Bertz CT molecular complexity index is 1050. The molecule has 0 aliphatic carbocycles. The lowest BCUT2D eigenvalue weighted by Crippen LogP contribution is -2.21. The van der Waals surface area contributed by atoms with Gasteiger partial charge >= 0.3 is 5.97 Å². The topological polar surface area (TPSA) is 77.8 Å². The summed E-state index contributed by atoms with van der Waals surface area (Å²) >= 11 is 10.5. The van der Waals surface area contributed by atoms with Crippen LogP contribution in [0.2, 0.25) is 10.0 Å². The van der Waals surface area contributed by atoms with Gasteiger partial charge in [0.25, 0.3) is 11.3 Å². The molecule has 1 heterocycles. The van der Waals surface area contributed by atoms with Crippen molar-refractivity contribution in [3.8, 4) is 10.4 Å².